The van der Waals surface area contributed by atoms with E-state index >= 15 is 0 Å². The van der Waals surface area contributed by atoms with Crippen molar-refractivity contribution >= 4 is 8.56 Å². The molecule has 1 aliphatic rings. The Morgan fingerprint density at radius 3 is 2.40 bits per heavy atom. The van der Waals surface area contributed by atoms with Crippen LogP contribution in [0.5, 0.6) is 0 Å². The molecule has 0 aromatic heterocycles. The fourth-order valence-corrected chi connectivity index (χ4v) is 3.57. The lowest BCUT2D eigenvalue weighted by Gasteiger charge is -2.32. The first-order valence-corrected chi connectivity index (χ1v) is 6.15. The Labute approximate surface area is 63.5 Å². The van der Waals surface area contributed by atoms with Gasteiger partial charge in [0.2, 0.25) is 0 Å². The van der Waals surface area contributed by atoms with Gasteiger partial charge in [-0.15, -0.1) is 0 Å². The van der Waals surface area contributed by atoms with E-state index in [1.165, 1.54) is 0 Å². The number of hydrogen-bond acceptors (Lipinski definition) is 2. The first-order chi connectivity index (χ1) is 4.65. The predicted molar refractivity (Wildman–Crippen MR) is 43.1 cm³/mol. The standard InChI is InChI=1S/C7H16O2Si/c1-7(2)10(8)6-4-3-5-9-10/h7-8H,3-6H2,1-2H3. The van der Waals surface area contributed by atoms with Gasteiger partial charge in [0, 0.05) is 6.61 Å². The van der Waals surface area contributed by atoms with Gasteiger partial charge in [-0.3, -0.25) is 0 Å². The quantitative estimate of drug-likeness (QED) is 0.591. The molecule has 1 fully saturated rings. The van der Waals surface area contributed by atoms with Gasteiger partial charge in [-0.05, 0) is 24.4 Å². The first kappa shape index (κ1) is 8.24. The summed E-state index contributed by atoms with van der Waals surface area (Å²) in [5, 5.41) is 0. The first-order valence-electron chi connectivity index (χ1n) is 4.01. The van der Waals surface area contributed by atoms with Crippen LogP contribution < -0.4 is 0 Å². The van der Waals surface area contributed by atoms with E-state index in [0.717, 1.165) is 25.5 Å². The van der Waals surface area contributed by atoms with E-state index in [2.05, 4.69) is 13.8 Å². The molecule has 0 bridgehead atoms. The summed E-state index contributed by atoms with van der Waals surface area (Å²) in [6, 6.07) is 0.935. The summed E-state index contributed by atoms with van der Waals surface area (Å²) in [4.78, 5) is 9.87. The van der Waals surface area contributed by atoms with Gasteiger partial charge in [0.25, 0.3) is 0 Å². The molecule has 3 heteroatoms. The van der Waals surface area contributed by atoms with Crippen molar-refractivity contribution in [2.75, 3.05) is 6.61 Å². The van der Waals surface area contributed by atoms with Crippen molar-refractivity contribution in [2.45, 2.75) is 38.3 Å². The predicted octanol–water partition coefficient (Wildman–Crippen LogP) is 1.64. The average Bonchev–Trinajstić information content (AvgIpc) is 1.89. The van der Waals surface area contributed by atoms with E-state index in [9.17, 15) is 4.80 Å². The smallest absolute Gasteiger partial charge is 0.338 e. The Morgan fingerprint density at radius 1 is 1.40 bits per heavy atom. The summed E-state index contributed by atoms with van der Waals surface area (Å²) in [6.07, 6.45) is 2.28. The Morgan fingerprint density at radius 2 is 2.10 bits per heavy atom. The fraction of sp³-hybridized carbons (Fsp3) is 1.00. The Kier molecular flexibility index (Phi) is 2.49. The summed E-state index contributed by atoms with van der Waals surface area (Å²) >= 11 is 0. The van der Waals surface area contributed by atoms with Gasteiger partial charge >= 0.3 is 8.56 Å². The number of rotatable bonds is 1. The van der Waals surface area contributed by atoms with E-state index in [-0.39, 0.29) is 0 Å². The van der Waals surface area contributed by atoms with E-state index in [0.29, 0.717) is 5.54 Å². The van der Waals surface area contributed by atoms with Crippen molar-refractivity contribution in [1.29, 1.82) is 0 Å². The van der Waals surface area contributed by atoms with Crippen molar-refractivity contribution in [3.63, 3.8) is 0 Å². The van der Waals surface area contributed by atoms with Gasteiger partial charge in [0.1, 0.15) is 0 Å². The van der Waals surface area contributed by atoms with Crippen LogP contribution in [0.25, 0.3) is 0 Å². The minimum atomic E-state index is -2.21. The summed E-state index contributed by atoms with van der Waals surface area (Å²) in [5.41, 5.74) is 0.354. The second kappa shape index (κ2) is 3.03. The summed E-state index contributed by atoms with van der Waals surface area (Å²) in [5.74, 6) is 0. The van der Waals surface area contributed by atoms with E-state index in [1.54, 1.807) is 0 Å². The Bertz CT molecular complexity index is 108. The lowest BCUT2D eigenvalue weighted by atomic mass is 10.4. The zero-order valence-corrected chi connectivity index (χ0v) is 7.76. The molecule has 1 rings (SSSR count). The third kappa shape index (κ3) is 1.59. The van der Waals surface area contributed by atoms with Crippen LogP contribution in [0.15, 0.2) is 0 Å². The zero-order valence-electron chi connectivity index (χ0n) is 6.76. The van der Waals surface area contributed by atoms with Crippen LogP contribution in [0.1, 0.15) is 26.7 Å². The lowest BCUT2D eigenvalue weighted by molar-refractivity contribution is 0.193. The molecule has 0 aromatic carbocycles. The molecule has 1 saturated heterocycles. The maximum Gasteiger partial charge on any atom is 0.338 e. The van der Waals surface area contributed by atoms with Crippen LogP contribution in [-0.2, 0) is 4.43 Å². The highest BCUT2D eigenvalue weighted by atomic mass is 28.4. The molecular formula is C7H16O2Si. The van der Waals surface area contributed by atoms with Gasteiger partial charge in [0.05, 0.1) is 0 Å². The largest absolute Gasteiger partial charge is 0.410 e. The van der Waals surface area contributed by atoms with Crippen LogP contribution in [0.2, 0.25) is 11.6 Å². The molecule has 1 N–H and O–H groups in total. The van der Waals surface area contributed by atoms with Crippen molar-refractivity contribution in [1.82, 2.24) is 0 Å². The highest BCUT2D eigenvalue weighted by Gasteiger charge is 2.38. The maximum atomic E-state index is 9.87. The monoisotopic (exact) mass is 160 g/mol. The van der Waals surface area contributed by atoms with Gasteiger partial charge in [0.15, 0.2) is 0 Å². The third-order valence-electron chi connectivity index (χ3n) is 2.18. The highest BCUT2D eigenvalue weighted by Crippen LogP contribution is 2.28. The van der Waals surface area contributed by atoms with Crippen molar-refractivity contribution in [3.8, 4) is 0 Å². The molecule has 0 spiro atoms. The van der Waals surface area contributed by atoms with Crippen molar-refractivity contribution in [3.05, 3.63) is 0 Å². The van der Waals surface area contributed by atoms with Gasteiger partial charge in [-0.25, -0.2) is 0 Å². The SMILES string of the molecule is CC(C)[Si]1(O)CCCCO1. The molecule has 1 atom stereocenters. The molecule has 0 amide bonds. The van der Waals surface area contributed by atoms with Crippen LogP contribution in [0, 0.1) is 0 Å². The lowest BCUT2D eigenvalue weighted by Crippen LogP contribution is -2.44. The molecule has 0 aromatic rings. The van der Waals surface area contributed by atoms with Crippen molar-refractivity contribution < 1.29 is 9.22 Å². The van der Waals surface area contributed by atoms with Gasteiger partial charge < -0.3 is 9.22 Å². The molecule has 2 nitrogen and oxygen atoms in total. The second-order valence-electron chi connectivity index (χ2n) is 3.31. The van der Waals surface area contributed by atoms with Gasteiger partial charge in [-0.2, -0.15) is 0 Å². The van der Waals surface area contributed by atoms with Crippen LogP contribution in [0.3, 0.4) is 0 Å². The minimum Gasteiger partial charge on any atom is -0.410 e. The second-order valence-corrected chi connectivity index (χ2v) is 6.94. The maximum absolute atomic E-state index is 9.87. The normalized spacial score (nSPS) is 34.8. The van der Waals surface area contributed by atoms with E-state index < -0.39 is 8.56 Å². The molecule has 60 valence electrons. The van der Waals surface area contributed by atoms with E-state index in [1.807, 2.05) is 0 Å². The summed E-state index contributed by atoms with van der Waals surface area (Å²) in [7, 11) is -2.21. The summed E-state index contributed by atoms with van der Waals surface area (Å²) in [6.45, 7) is 4.88. The van der Waals surface area contributed by atoms with Crippen LogP contribution >= 0.6 is 0 Å². The third-order valence-corrected chi connectivity index (χ3v) is 5.76. The van der Waals surface area contributed by atoms with Crippen LogP contribution in [-0.4, -0.2) is 20.0 Å². The molecular weight excluding hydrogens is 144 g/mol. The average molecular weight is 160 g/mol. The highest BCUT2D eigenvalue weighted by molar-refractivity contribution is 6.67. The molecule has 0 saturated carbocycles. The molecule has 1 unspecified atom stereocenters. The summed E-state index contributed by atoms with van der Waals surface area (Å²) < 4.78 is 5.42. The van der Waals surface area contributed by atoms with Gasteiger partial charge in [-0.1, -0.05) is 13.8 Å². The van der Waals surface area contributed by atoms with Crippen molar-refractivity contribution in [2.24, 2.45) is 0 Å². The topological polar surface area (TPSA) is 29.5 Å². The van der Waals surface area contributed by atoms with E-state index in [4.69, 9.17) is 4.43 Å². The molecule has 1 heterocycles. The molecule has 0 aliphatic carbocycles. The van der Waals surface area contributed by atoms with Crippen LogP contribution in [0.4, 0.5) is 0 Å². The Hall–Kier alpha value is 0.137. The molecule has 0 radical (unpaired) electrons. The molecule has 1 aliphatic heterocycles. The molecule has 10 heavy (non-hydrogen) atoms. The Balaban J connectivity index is 2.48. The number of hydrogen-bond donors (Lipinski definition) is 1. The minimum absolute atomic E-state index is 0.354. The zero-order chi connectivity index (χ0) is 7.61. The fourth-order valence-electron chi connectivity index (χ4n) is 1.26.